The molecule has 2 heterocycles. The summed E-state index contributed by atoms with van der Waals surface area (Å²) in [6.07, 6.45) is 3.58. The van der Waals surface area contributed by atoms with Crippen LogP contribution in [0.4, 0.5) is 4.39 Å². The van der Waals surface area contributed by atoms with Crippen LogP contribution in [-0.4, -0.2) is 20.7 Å². The molecule has 0 spiro atoms. The van der Waals surface area contributed by atoms with Gasteiger partial charge >= 0.3 is 0 Å². The van der Waals surface area contributed by atoms with Crippen LogP contribution in [0.5, 0.6) is 0 Å². The van der Waals surface area contributed by atoms with Crippen LogP contribution >= 0.6 is 0 Å². The van der Waals surface area contributed by atoms with Crippen molar-refractivity contribution < 1.29 is 9.18 Å². The predicted molar refractivity (Wildman–Crippen MR) is 101 cm³/mol. The number of halogens is 1. The molecule has 0 fully saturated rings. The second-order valence-electron chi connectivity index (χ2n) is 6.06. The number of hydrogen-bond donors (Lipinski definition) is 2. The van der Waals surface area contributed by atoms with Gasteiger partial charge in [-0.3, -0.25) is 4.79 Å². The lowest BCUT2D eigenvalue weighted by molar-refractivity contribution is 0.0946. The van der Waals surface area contributed by atoms with Gasteiger partial charge in [-0.25, -0.2) is 9.07 Å². The maximum atomic E-state index is 13.3. The number of carbonyl (C=O) groups excluding carboxylic acids is 1. The van der Waals surface area contributed by atoms with Crippen molar-refractivity contribution in [3.05, 3.63) is 96.2 Å². The normalized spacial score (nSPS) is 10.7. The van der Waals surface area contributed by atoms with Crippen molar-refractivity contribution in [2.24, 2.45) is 0 Å². The number of carbonyl (C=O) groups is 1. The van der Waals surface area contributed by atoms with Crippen molar-refractivity contribution in [2.75, 3.05) is 0 Å². The molecule has 0 unspecified atom stereocenters. The summed E-state index contributed by atoms with van der Waals surface area (Å²) in [5, 5.41) is 7.55. The Kier molecular flexibility index (Phi) is 4.53. The first-order valence-electron chi connectivity index (χ1n) is 8.52. The average molecular weight is 360 g/mol. The van der Waals surface area contributed by atoms with Gasteiger partial charge in [-0.1, -0.05) is 18.2 Å². The number of aromatic amines is 1. The highest BCUT2D eigenvalue weighted by atomic mass is 19.1. The van der Waals surface area contributed by atoms with Crippen LogP contribution < -0.4 is 5.32 Å². The van der Waals surface area contributed by atoms with E-state index in [2.05, 4.69) is 15.4 Å². The number of H-pyrrole nitrogens is 1. The van der Waals surface area contributed by atoms with Crippen molar-refractivity contribution in [3.63, 3.8) is 0 Å². The van der Waals surface area contributed by atoms with Gasteiger partial charge < -0.3 is 10.3 Å². The van der Waals surface area contributed by atoms with E-state index in [1.165, 1.54) is 12.1 Å². The summed E-state index contributed by atoms with van der Waals surface area (Å²) < 4.78 is 15.1. The van der Waals surface area contributed by atoms with Crippen LogP contribution in [0.3, 0.4) is 0 Å². The molecule has 4 aromatic rings. The molecule has 0 aliphatic carbocycles. The SMILES string of the molecule is O=C(NCc1cn(-c2ccccc2)nc1-c1ccc(F)cc1)c1ccc[nH]1. The zero-order chi connectivity index (χ0) is 18.6. The molecule has 2 N–H and O–H groups in total. The van der Waals surface area contributed by atoms with E-state index in [1.54, 1.807) is 35.1 Å². The maximum absolute atomic E-state index is 13.3. The van der Waals surface area contributed by atoms with Gasteiger partial charge in [0.15, 0.2) is 0 Å². The molecule has 2 aromatic carbocycles. The number of nitrogens with zero attached hydrogens (tertiary/aromatic N) is 2. The van der Waals surface area contributed by atoms with Gasteiger partial charge in [0.1, 0.15) is 11.5 Å². The molecule has 4 rings (SSSR count). The molecule has 0 atom stereocenters. The number of amides is 1. The first kappa shape index (κ1) is 16.8. The van der Waals surface area contributed by atoms with Gasteiger partial charge in [0.05, 0.1) is 11.4 Å². The Morgan fingerprint density at radius 1 is 1.04 bits per heavy atom. The van der Waals surface area contributed by atoms with Crippen LogP contribution in [0.2, 0.25) is 0 Å². The maximum Gasteiger partial charge on any atom is 0.267 e. The van der Waals surface area contributed by atoms with Gasteiger partial charge in [-0.2, -0.15) is 5.10 Å². The first-order chi connectivity index (χ1) is 13.2. The fourth-order valence-electron chi connectivity index (χ4n) is 2.85. The molecular formula is C21H17FN4O. The Bertz CT molecular complexity index is 1040. The highest BCUT2D eigenvalue weighted by molar-refractivity contribution is 5.92. The van der Waals surface area contributed by atoms with Crippen LogP contribution in [0.1, 0.15) is 16.1 Å². The third-order valence-corrected chi connectivity index (χ3v) is 4.21. The highest BCUT2D eigenvalue weighted by Gasteiger charge is 2.14. The number of benzene rings is 2. The molecule has 134 valence electrons. The lowest BCUT2D eigenvalue weighted by Crippen LogP contribution is -2.23. The third-order valence-electron chi connectivity index (χ3n) is 4.21. The average Bonchev–Trinajstić information content (AvgIpc) is 3.38. The van der Waals surface area contributed by atoms with Crippen molar-refractivity contribution in [2.45, 2.75) is 6.54 Å². The Balaban J connectivity index is 1.66. The van der Waals surface area contributed by atoms with Gasteiger partial charge in [0.2, 0.25) is 0 Å². The Morgan fingerprint density at radius 3 is 2.52 bits per heavy atom. The third kappa shape index (κ3) is 3.64. The van der Waals surface area contributed by atoms with Gasteiger partial charge in [0.25, 0.3) is 5.91 Å². The fraction of sp³-hybridized carbons (Fsp3) is 0.0476. The van der Waals surface area contributed by atoms with Gasteiger partial charge in [-0.05, 0) is 48.5 Å². The van der Waals surface area contributed by atoms with Gasteiger partial charge in [0, 0.05) is 30.1 Å². The smallest absolute Gasteiger partial charge is 0.267 e. The summed E-state index contributed by atoms with van der Waals surface area (Å²) in [6, 6.07) is 19.3. The van der Waals surface area contributed by atoms with E-state index in [9.17, 15) is 9.18 Å². The summed E-state index contributed by atoms with van der Waals surface area (Å²) >= 11 is 0. The molecule has 0 saturated carbocycles. The molecule has 2 aromatic heterocycles. The van der Waals surface area contributed by atoms with Crippen LogP contribution in [0.25, 0.3) is 16.9 Å². The molecule has 0 aliphatic rings. The van der Waals surface area contributed by atoms with Crippen LogP contribution in [-0.2, 0) is 6.54 Å². The Morgan fingerprint density at radius 2 is 1.81 bits per heavy atom. The van der Waals surface area contributed by atoms with Crippen molar-refractivity contribution in [1.29, 1.82) is 0 Å². The number of hydrogen-bond acceptors (Lipinski definition) is 2. The molecule has 6 heteroatoms. The summed E-state index contributed by atoms with van der Waals surface area (Å²) in [7, 11) is 0. The minimum absolute atomic E-state index is 0.197. The molecule has 5 nitrogen and oxygen atoms in total. The molecule has 0 saturated heterocycles. The van der Waals surface area contributed by atoms with Crippen LogP contribution in [0, 0.1) is 5.82 Å². The summed E-state index contributed by atoms with van der Waals surface area (Å²) in [5.74, 6) is -0.500. The van der Waals surface area contributed by atoms with E-state index in [0.717, 1.165) is 16.8 Å². The number of nitrogens with one attached hydrogen (secondary N) is 2. The van der Waals surface area contributed by atoms with Crippen molar-refractivity contribution in [1.82, 2.24) is 20.1 Å². The first-order valence-corrected chi connectivity index (χ1v) is 8.52. The van der Waals surface area contributed by atoms with E-state index < -0.39 is 0 Å². The number of aromatic nitrogens is 3. The molecule has 0 radical (unpaired) electrons. The second kappa shape index (κ2) is 7.29. The standard InChI is InChI=1S/C21H17FN4O/c22-17-10-8-15(9-11-17)20-16(13-24-21(27)19-7-4-12-23-19)14-26(25-20)18-5-2-1-3-6-18/h1-12,14,23H,13H2,(H,24,27). The molecule has 27 heavy (non-hydrogen) atoms. The Labute approximate surface area is 155 Å². The van der Waals surface area contributed by atoms with Gasteiger partial charge in [-0.15, -0.1) is 0 Å². The zero-order valence-electron chi connectivity index (χ0n) is 14.4. The predicted octanol–water partition coefficient (Wildman–Crippen LogP) is 3.94. The highest BCUT2D eigenvalue weighted by Crippen LogP contribution is 2.24. The largest absolute Gasteiger partial charge is 0.357 e. The molecule has 0 aliphatic heterocycles. The molecule has 0 bridgehead atoms. The summed E-state index contributed by atoms with van der Waals surface area (Å²) in [6.45, 7) is 0.303. The van der Waals surface area contributed by atoms with E-state index in [0.29, 0.717) is 17.9 Å². The minimum Gasteiger partial charge on any atom is -0.357 e. The number of rotatable bonds is 5. The lowest BCUT2D eigenvalue weighted by Gasteiger charge is -2.04. The minimum atomic E-state index is -0.303. The second-order valence-corrected chi connectivity index (χ2v) is 6.06. The van der Waals surface area contributed by atoms with E-state index in [-0.39, 0.29) is 11.7 Å². The monoisotopic (exact) mass is 360 g/mol. The summed E-state index contributed by atoms with van der Waals surface area (Å²) in [4.78, 5) is 15.1. The summed E-state index contributed by atoms with van der Waals surface area (Å²) in [5.41, 5.74) is 3.72. The van der Waals surface area contributed by atoms with E-state index in [4.69, 9.17) is 0 Å². The lowest BCUT2D eigenvalue weighted by atomic mass is 10.1. The van der Waals surface area contributed by atoms with Crippen molar-refractivity contribution >= 4 is 5.91 Å². The van der Waals surface area contributed by atoms with E-state index >= 15 is 0 Å². The number of para-hydroxylation sites is 1. The zero-order valence-corrected chi connectivity index (χ0v) is 14.4. The Hall–Kier alpha value is -3.67. The van der Waals surface area contributed by atoms with Crippen molar-refractivity contribution in [3.8, 4) is 16.9 Å². The fourth-order valence-corrected chi connectivity index (χ4v) is 2.85. The van der Waals surface area contributed by atoms with E-state index in [1.807, 2.05) is 36.5 Å². The topological polar surface area (TPSA) is 62.7 Å². The molecule has 1 amide bonds. The quantitative estimate of drug-likeness (QED) is 0.566. The van der Waals surface area contributed by atoms with Crippen LogP contribution in [0.15, 0.2) is 79.1 Å². The molecular weight excluding hydrogens is 343 g/mol.